The van der Waals surface area contributed by atoms with E-state index in [0.29, 0.717) is 10.0 Å². The molecule has 128 valence electrons. The molecule has 1 heterocycles. The largest absolute Gasteiger partial charge is 0.368 e. The zero-order valence-electron chi connectivity index (χ0n) is 12.8. The van der Waals surface area contributed by atoms with Crippen molar-refractivity contribution >= 4 is 46.7 Å². The average Bonchev–Trinajstić information content (AvgIpc) is 2.78. The third-order valence-corrected chi connectivity index (χ3v) is 4.38. The summed E-state index contributed by atoms with van der Waals surface area (Å²) in [6.45, 7) is -0.334. The molecule has 9 heteroatoms. The van der Waals surface area contributed by atoms with Crippen molar-refractivity contribution in [3.05, 3.63) is 33.8 Å². The number of primary amides is 1. The van der Waals surface area contributed by atoms with Gasteiger partial charge in [0.1, 0.15) is 5.92 Å². The highest BCUT2D eigenvalue weighted by Gasteiger charge is 2.44. The van der Waals surface area contributed by atoms with Crippen LogP contribution in [0.4, 0.5) is 0 Å². The summed E-state index contributed by atoms with van der Waals surface area (Å²) in [5.41, 5.74) is 5.75. The Hall–Kier alpha value is -2.12. The highest BCUT2D eigenvalue weighted by atomic mass is 35.5. The van der Waals surface area contributed by atoms with E-state index in [9.17, 15) is 19.2 Å². The summed E-state index contributed by atoms with van der Waals surface area (Å²) in [7, 11) is 1.51. The lowest BCUT2D eigenvalue weighted by Crippen LogP contribution is -2.37. The Balaban J connectivity index is 2.07. The Morgan fingerprint density at radius 3 is 2.54 bits per heavy atom. The molecule has 1 aromatic carbocycles. The number of nitrogens with two attached hydrogens (primary N) is 1. The van der Waals surface area contributed by atoms with Crippen molar-refractivity contribution < 1.29 is 19.2 Å². The summed E-state index contributed by atoms with van der Waals surface area (Å²) in [5, 5.41) is 0.753. The van der Waals surface area contributed by atoms with E-state index < -0.39 is 29.4 Å². The van der Waals surface area contributed by atoms with E-state index in [1.165, 1.54) is 11.9 Å². The minimum Gasteiger partial charge on any atom is -0.368 e. The van der Waals surface area contributed by atoms with E-state index in [4.69, 9.17) is 28.9 Å². The molecule has 24 heavy (non-hydrogen) atoms. The molecule has 7 nitrogen and oxygen atoms in total. The molecule has 1 aromatic rings. The summed E-state index contributed by atoms with van der Waals surface area (Å²) >= 11 is 11.8. The molecule has 1 aliphatic heterocycles. The molecule has 0 bridgehead atoms. The lowest BCUT2D eigenvalue weighted by atomic mass is 10.1. The number of halogens is 2. The summed E-state index contributed by atoms with van der Waals surface area (Å²) in [5.74, 6) is -4.08. The van der Waals surface area contributed by atoms with Crippen LogP contribution in [0.3, 0.4) is 0 Å². The van der Waals surface area contributed by atoms with Gasteiger partial charge < -0.3 is 15.5 Å². The molecule has 0 spiro atoms. The number of amides is 3. The van der Waals surface area contributed by atoms with E-state index >= 15 is 0 Å². The number of benzene rings is 1. The second kappa shape index (κ2) is 7.19. The van der Waals surface area contributed by atoms with Gasteiger partial charge in [-0.25, -0.2) is 0 Å². The number of ketones is 1. The summed E-state index contributed by atoms with van der Waals surface area (Å²) in [4.78, 5) is 49.4. The fourth-order valence-electron chi connectivity index (χ4n) is 2.46. The van der Waals surface area contributed by atoms with Gasteiger partial charge in [0.05, 0.1) is 16.6 Å². The molecule has 1 unspecified atom stereocenters. The molecule has 2 N–H and O–H groups in total. The smallest absolute Gasteiger partial charge is 0.291 e. The monoisotopic (exact) mass is 371 g/mol. The maximum atomic E-state index is 12.4. The molecule has 1 atom stereocenters. The molecule has 0 saturated carbocycles. The van der Waals surface area contributed by atoms with Crippen LogP contribution >= 0.6 is 23.2 Å². The predicted molar refractivity (Wildman–Crippen MR) is 87.2 cm³/mol. The standard InChI is InChI=1S/C15H15Cl2N3O4/c1-19(5-8-2-3-10(16)11(17)4-8)14(23)9-6-20(7-12(18)21)15(24)13(9)22/h2-4,9H,5-7H2,1H3,(H2,18,21). The molecular formula is C15H15Cl2N3O4. The number of hydrogen-bond donors (Lipinski definition) is 1. The fourth-order valence-corrected chi connectivity index (χ4v) is 2.78. The number of Topliss-reactive ketones (excluding diaryl/α,β-unsaturated/α-hetero) is 1. The number of hydrogen-bond acceptors (Lipinski definition) is 4. The van der Waals surface area contributed by atoms with Crippen LogP contribution in [0.25, 0.3) is 0 Å². The number of likely N-dealkylation sites (tertiary alicyclic amines) is 1. The summed E-state index contributed by atoms with van der Waals surface area (Å²) in [6.07, 6.45) is 0. The van der Waals surface area contributed by atoms with E-state index in [2.05, 4.69) is 0 Å². The van der Waals surface area contributed by atoms with Crippen LogP contribution in [0.15, 0.2) is 18.2 Å². The summed E-state index contributed by atoms with van der Waals surface area (Å²) in [6, 6.07) is 4.93. The minimum atomic E-state index is -1.13. The Morgan fingerprint density at radius 2 is 1.96 bits per heavy atom. The first-order chi connectivity index (χ1) is 11.2. The van der Waals surface area contributed by atoms with Crippen LogP contribution in [0.2, 0.25) is 10.0 Å². The SMILES string of the molecule is CN(Cc1ccc(Cl)c(Cl)c1)C(=O)C1CN(CC(N)=O)C(=O)C1=O. The van der Waals surface area contributed by atoms with Gasteiger partial charge in [0, 0.05) is 20.1 Å². The van der Waals surface area contributed by atoms with Gasteiger partial charge in [-0.05, 0) is 17.7 Å². The zero-order chi connectivity index (χ0) is 18.0. The van der Waals surface area contributed by atoms with Gasteiger partial charge in [0.25, 0.3) is 5.91 Å². The quantitative estimate of drug-likeness (QED) is 0.600. The highest BCUT2D eigenvalue weighted by molar-refractivity contribution is 6.43. The van der Waals surface area contributed by atoms with Crippen molar-refractivity contribution in [3.8, 4) is 0 Å². The predicted octanol–water partition coefficient (Wildman–Crippen LogP) is 0.465. The molecular weight excluding hydrogens is 357 g/mol. The Kier molecular flexibility index (Phi) is 5.46. The second-order valence-corrected chi connectivity index (χ2v) is 6.33. The number of carbonyl (C=O) groups is 4. The van der Waals surface area contributed by atoms with Crippen molar-refractivity contribution in [1.82, 2.24) is 9.80 Å². The van der Waals surface area contributed by atoms with E-state index in [1.54, 1.807) is 18.2 Å². The first kappa shape index (κ1) is 18.2. The minimum absolute atomic E-state index is 0.148. The van der Waals surface area contributed by atoms with E-state index in [1.807, 2.05) is 0 Å². The molecule has 1 saturated heterocycles. The van der Waals surface area contributed by atoms with Crippen LogP contribution in [0, 0.1) is 5.92 Å². The van der Waals surface area contributed by atoms with Gasteiger partial charge in [-0.2, -0.15) is 0 Å². The zero-order valence-corrected chi connectivity index (χ0v) is 14.3. The van der Waals surface area contributed by atoms with Gasteiger partial charge in [-0.1, -0.05) is 29.3 Å². The van der Waals surface area contributed by atoms with Gasteiger partial charge >= 0.3 is 0 Å². The Morgan fingerprint density at radius 1 is 1.29 bits per heavy atom. The lowest BCUT2D eigenvalue weighted by molar-refractivity contribution is -0.144. The molecule has 3 amide bonds. The first-order valence-electron chi connectivity index (χ1n) is 7.01. The topological polar surface area (TPSA) is 101 Å². The molecule has 0 aromatic heterocycles. The van der Waals surface area contributed by atoms with Crippen molar-refractivity contribution in [2.75, 3.05) is 20.1 Å². The van der Waals surface area contributed by atoms with Crippen LogP contribution in [-0.2, 0) is 25.7 Å². The van der Waals surface area contributed by atoms with Crippen LogP contribution < -0.4 is 5.73 Å². The molecule has 0 radical (unpaired) electrons. The van der Waals surface area contributed by atoms with Crippen molar-refractivity contribution in [3.63, 3.8) is 0 Å². The third-order valence-electron chi connectivity index (χ3n) is 3.64. The van der Waals surface area contributed by atoms with Gasteiger partial charge in [0.15, 0.2) is 0 Å². The number of rotatable bonds is 5. The molecule has 2 rings (SSSR count). The number of nitrogens with zero attached hydrogens (tertiary/aromatic N) is 2. The molecule has 0 aliphatic carbocycles. The Bertz CT molecular complexity index is 723. The van der Waals surface area contributed by atoms with Crippen molar-refractivity contribution in [1.29, 1.82) is 0 Å². The van der Waals surface area contributed by atoms with Gasteiger partial charge in [0.2, 0.25) is 17.6 Å². The normalized spacial score (nSPS) is 17.3. The Labute approximate surface area is 148 Å². The fraction of sp³-hybridized carbons (Fsp3) is 0.333. The second-order valence-electron chi connectivity index (χ2n) is 5.51. The first-order valence-corrected chi connectivity index (χ1v) is 7.76. The lowest BCUT2D eigenvalue weighted by Gasteiger charge is -2.20. The van der Waals surface area contributed by atoms with E-state index in [0.717, 1.165) is 10.5 Å². The van der Waals surface area contributed by atoms with Crippen LogP contribution in [-0.4, -0.2) is 53.4 Å². The molecule has 1 fully saturated rings. The van der Waals surface area contributed by atoms with Gasteiger partial charge in [-0.3, -0.25) is 19.2 Å². The van der Waals surface area contributed by atoms with Crippen molar-refractivity contribution in [2.24, 2.45) is 11.7 Å². The average molecular weight is 372 g/mol. The van der Waals surface area contributed by atoms with E-state index in [-0.39, 0.29) is 19.6 Å². The van der Waals surface area contributed by atoms with Gasteiger partial charge in [-0.15, -0.1) is 0 Å². The van der Waals surface area contributed by atoms with Crippen LogP contribution in [0.5, 0.6) is 0 Å². The molecule has 1 aliphatic rings. The third kappa shape index (κ3) is 3.85. The number of carbonyl (C=O) groups excluding carboxylic acids is 4. The van der Waals surface area contributed by atoms with Crippen molar-refractivity contribution in [2.45, 2.75) is 6.54 Å². The maximum absolute atomic E-state index is 12.4. The highest BCUT2D eigenvalue weighted by Crippen LogP contribution is 2.24. The van der Waals surface area contributed by atoms with Crippen LogP contribution in [0.1, 0.15) is 5.56 Å². The summed E-state index contributed by atoms with van der Waals surface area (Å²) < 4.78 is 0. The maximum Gasteiger partial charge on any atom is 0.291 e.